The van der Waals surface area contributed by atoms with Crippen LogP contribution in [0.2, 0.25) is 6.82 Å². The van der Waals surface area contributed by atoms with Gasteiger partial charge in [-0.25, -0.2) is 0 Å². The number of nitrogens with zero attached hydrogens (tertiary/aromatic N) is 1. The van der Waals surface area contributed by atoms with E-state index in [4.69, 9.17) is 21.9 Å². The lowest BCUT2D eigenvalue weighted by molar-refractivity contribution is -0.137. The van der Waals surface area contributed by atoms with Gasteiger partial charge in [0.25, 0.3) is 0 Å². The third-order valence-corrected chi connectivity index (χ3v) is 7.70. The summed E-state index contributed by atoms with van der Waals surface area (Å²) >= 11 is 0. The average Bonchev–Trinajstić information content (AvgIpc) is 3.15. The number of ketones is 1. The van der Waals surface area contributed by atoms with E-state index < -0.39 is 35.3 Å². The number of alkyl halides is 3. The van der Waals surface area contributed by atoms with Crippen molar-refractivity contribution in [1.29, 1.82) is 0 Å². The molecule has 0 saturated heterocycles. The Hall–Kier alpha value is -2.77. The molecule has 230 valence electrons. The third kappa shape index (κ3) is 9.12. The summed E-state index contributed by atoms with van der Waals surface area (Å²) in [4.78, 5) is 28.7. The van der Waals surface area contributed by atoms with Crippen LogP contribution in [0.3, 0.4) is 0 Å². The van der Waals surface area contributed by atoms with Crippen molar-refractivity contribution in [2.45, 2.75) is 70.2 Å². The quantitative estimate of drug-likeness (QED) is 0.233. The zero-order chi connectivity index (χ0) is 31.1. The van der Waals surface area contributed by atoms with Crippen LogP contribution in [0.5, 0.6) is 0 Å². The molecular formula is C30H43BF3N5O3. The Labute approximate surface area is 246 Å². The number of nitrogens with one attached hydrogen (secondary N) is 1. The minimum Gasteiger partial charge on any atom is -0.422 e. The molecule has 8 nitrogen and oxygen atoms in total. The summed E-state index contributed by atoms with van der Waals surface area (Å²) in [5.74, 6) is -0.750. The molecule has 1 heterocycles. The molecular weight excluding hydrogens is 546 g/mol. The fraction of sp³-hybridized carbons (Fsp3) is 0.533. The number of carbonyl (C=O) groups excluding carboxylic acids is 2. The monoisotopic (exact) mass is 589 g/mol. The molecule has 12 heteroatoms. The highest BCUT2D eigenvalue weighted by Gasteiger charge is 2.38. The fourth-order valence-corrected chi connectivity index (χ4v) is 5.46. The lowest BCUT2D eigenvalue weighted by atomic mass is 9.63. The maximum absolute atomic E-state index is 13.6. The van der Waals surface area contributed by atoms with Crippen molar-refractivity contribution in [2.75, 3.05) is 32.7 Å². The molecule has 1 aliphatic rings. The Kier molecular flexibility index (Phi) is 11.7. The SMILES string of the molecule is CB1OC(C)(C)c2ccc(CC(=O)[C@@H](Cc3ccc(C(F)(F)F)cc3)NC(=O)[C@@H](N)CCCN(CCN)CCN)cc21. The Bertz CT molecular complexity index is 1200. The Morgan fingerprint density at radius 3 is 2.24 bits per heavy atom. The van der Waals surface area contributed by atoms with Gasteiger partial charge in [-0.1, -0.05) is 37.2 Å². The van der Waals surface area contributed by atoms with Gasteiger partial charge in [0.1, 0.15) is 0 Å². The molecule has 2 atom stereocenters. The predicted molar refractivity (Wildman–Crippen MR) is 159 cm³/mol. The maximum atomic E-state index is 13.6. The average molecular weight is 590 g/mol. The Balaban J connectivity index is 1.73. The summed E-state index contributed by atoms with van der Waals surface area (Å²) in [5.41, 5.74) is 19.6. The molecule has 2 aromatic rings. The molecule has 1 amide bonds. The van der Waals surface area contributed by atoms with Crippen molar-refractivity contribution in [3.05, 3.63) is 64.7 Å². The molecule has 42 heavy (non-hydrogen) atoms. The van der Waals surface area contributed by atoms with Crippen molar-refractivity contribution in [3.63, 3.8) is 0 Å². The Morgan fingerprint density at radius 2 is 1.64 bits per heavy atom. The van der Waals surface area contributed by atoms with Crippen LogP contribution in [-0.4, -0.2) is 68.3 Å². The smallest absolute Gasteiger partial charge is 0.416 e. The second-order valence-corrected chi connectivity index (χ2v) is 11.5. The zero-order valence-corrected chi connectivity index (χ0v) is 24.7. The lowest BCUT2D eigenvalue weighted by Crippen LogP contribution is -2.50. The number of hydrogen-bond acceptors (Lipinski definition) is 7. The summed E-state index contributed by atoms with van der Waals surface area (Å²) < 4.78 is 45.3. The van der Waals surface area contributed by atoms with E-state index in [1.54, 1.807) is 0 Å². The lowest BCUT2D eigenvalue weighted by Gasteiger charge is -2.23. The highest BCUT2D eigenvalue weighted by molar-refractivity contribution is 6.67. The van der Waals surface area contributed by atoms with Crippen LogP contribution < -0.4 is 28.0 Å². The largest absolute Gasteiger partial charge is 0.422 e. The minimum atomic E-state index is -4.47. The zero-order valence-electron chi connectivity index (χ0n) is 24.7. The standard InChI is InChI=1S/C30H43BF3N5O3/c1-29(2)23-11-8-21(17-24(23)31(3)42-29)19-27(40)26(18-20-6-9-22(10-7-20)30(32,33)34)38-28(41)25(37)5-4-14-39(15-12-35)16-13-36/h6-11,17,25-26H,4-5,12-16,18-19,35-37H2,1-3H3,(H,38,41)/t25-,26+/m0/s1. The van der Waals surface area contributed by atoms with E-state index >= 15 is 0 Å². The van der Waals surface area contributed by atoms with Gasteiger partial charge in [-0.15, -0.1) is 0 Å². The molecule has 0 spiro atoms. The number of benzene rings is 2. The highest BCUT2D eigenvalue weighted by Crippen LogP contribution is 2.31. The number of halogens is 3. The topological polar surface area (TPSA) is 137 Å². The van der Waals surface area contributed by atoms with E-state index in [1.165, 1.54) is 12.1 Å². The fourth-order valence-electron chi connectivity index (χ4n) is 5.46. The molecule has 0 aromatic heterocycles. The second kappa shape index (κ2) is 14.6. The van der Waals surface area contributed by atoms with Crippen molar-refractivity contribution in [3.8, 4) is 0 Å². The van der Waals surface area contributed by atoms with Crippen molar-refractivity contribution in [2.24, 2.45) is 17.2 Å². The molecule has 0 unspecified atom stereocenters. The van der Waals surface area contributed by atoms with E-state index in [9.17, 15) is 22.8 Å². The van der Waals surface area contributed by atoms with Gasteiger partial charge in [-0.3, -0.25) is 9.59 Å². The first-order valence-corrected chi connectivity index (χ1v) is 14.4. The summed E-state index contributed by atoms with van der Waals surface area (Å²) in [7, 11) is 0. The molecule has 0 bridgehead atoms. The van der Waals surface area contributed by atoms with Gasteiger partial charge in [0.15, 0.2) is 5.78 Å². The van der Waals surface area contributed by atoms with Gasteiger partial charge in [-0.2, -0.15) is 13.2 Å². The molecule has 0 saturated carbocycles. The van der Waals surface area contributed by atoms with Crippen LogP contribution in [-0.2, 0) is 38.9 Å². The van der Waals surface area contributed by atoms with Gasteiger partial charge in [-0.05, 0) is 73.9 Å². The number of nitrogens with two attached hydrogens (primary N) is 3. The van der Waals surface area contributed by atoms with E-state index in [0.29, 0.717) is 51.1 Å². The van der Waals surface area contributed by atoms with E-state index in [1.807, 2.05) is 38.9 Å². The van der Waals surface area contributed by atoms with Gasteiger partial charge in [0.2, 0.25) is 5.91 Å². The third-order valence-electron chi connectivity index (χ3n) is 7.70. The summed E-state index contributed by atoms with van der Waals surface area (Å²) in [6.07, 6.45) is -3.38. The van der Waals surface area contributed by atoms with Gasteiger partial charge < -0.3 is 32.1 Å². The number of amides is 1. The highest BCUT2D eigenvalue weighted by atomic mass is 19.4. The molecule has 1 aliphatic heterocycles. The summed E-state index contributed by atoms with van der Waals surface area (Å²) in [6, 6.07) is 8.56. The van der Waals surface area contributed by atoms with Crippen LogP contribution in [0, 0.1) is 0 Å². The summed E-state index contributed by atoms with van der Waals surface area (Å²) in [6.45, 7) is 8.86. The van der Waals surface area contributed by atoms with E-state index in [2.05, 4.69) is 10.2 Å². The van der Waals surface area contributed by atoms with Crippen molar-refractivity contribution >= 4 is 24.1 Å². The molecule has 0 radical (unpaired) electrons. The van der Waals surface area contributed by atoms with Crippen LogP contribution in [0.25, 0.3) is 0 Å². The normalized spacial score (nSPS) is 15.9. The number of hydrogen-bond donors (Lipinski definition) is 4. The second-order valence-electron chi connectivity index (χ2n) is 11.5. The first kappa shape index (κ1) is 33.7. The first-order valence-electron chi connectivity index (χ1n) is 14.4. The van der Waals surface area contributed by atoms with Crippen LogP contribution in [0.4, 0.5) is 13.2 Å². The Morgan fingerprint density at radius 1 is 1.02 bits per heavy atom. The number of rotatable bonds is 15. The first-order chi connectivity index (χ1) is 19.7. The number of carbonyl (C=O) groups is 2. The van der Waals surface area contributed by atoms with Gasteiger partial charge in [0, 0.05) is 32.6 Å². The van der Waals surface area contributed by atoms with Crippen LogP contribution >= 0.6 is 0 Å². The van der Waals surface area contributed by atoms with E-state index in [-0.39, 0.29) is 25.5 Å². The molecule has 0 aliphatic carbocycles. The summed E-state index contributed by atoms with van der Waals surface area (Å²) in [5, 5.41) is 2.78. The minimum absolute atomic E-state index is 0.0354. The predicted octanol–water partition coefficient (Wildman–Crippen LogP) is 1.97. The maximum Gasteiger partial charge on any atom is 0.416 e. The van der Waals surface area contributed by atoms with Crippen LogP contribution in [0.15, 0.2) is 42.5 Å². The molecule has 3 rings (SSSR count). The molecule has 0 fully saturated rings. The van der Waals surface area contributed by atoms with Gasteiger partial charge >= 0.3 is 13.1 Å². The molecule has 7 N–H and O–H groups in total. The molecule has 2 aromatic carbocycles. The van der Waals surface area contributed by atoms with Crippen molar-refractivity contribution < 1.29 is 27.4 Å². The van der Waals surface area contributed by atoms with Crippen molar-refractivity contribution in [1.82, 2.24) is 10.2 Å². The van der Waals surface area contributed by atoms with E-state index in [0.717, 1.165) is 28.7 Å². The van der Waals surface area contributed by atoms with Crippen LogP contribution in [0.1, 0.15) is 48.9 Å². The van der Waals surface area contributed by atoms with Gasteiger partial charge in [0.05, 0.1) is 23.2 Å². The number of fused-ring (bicyclic) bond motifs is 1. The number of Topliss-reactive ketones (excluding diaryl/α,β-unsaturated/α-hetero) is 1.